The van der Waals surface area contributed by atoms with Crippen LogP contribution < -0.4 is 10.1 Å². The van der Waals surface area contributed by atoms with Gasteiger partial charge in [0.05, 0.1) is 12.2 Å². The topological polar surface area (TPSA) is 58.6 Å². The van der Waals surface area contributed by atoms with Gasteiger partial charge in [0.2, 0.25) is 0 Å². The maximum Gasteiger partial charge on any atom is 0.255 e. The molecule has 116 valence electrons. The Hall–Kier alpha value is -1.81. The van der Waals surface area contributed by atoms with Crippen LogP contribution in [-0.4, -0.2) is 30.8 Å². The highest BCUT2D eigenvalue weighted by molar-refractivity contribution is 5.96. The van der Waals surface area contributed by atoms with Gasteiger partial charge in [0.15, 0.2) is 0 Å². The Labute approximate surface area is 126 Å². The lowest BCUT2D eigenvalue weighted by molar-refractivity contribution is 0.0848. The summed E-state index contributed by atoms with van der Waals surface area (Å²) in [4.78, 5) is 12.3. The lowest BCUT2D eigenvalue weighted by Gasteiger charge is -2.29. The van der Waals surface area contributed by atoms with E-state index in [1.165, 1.54) is 0 Å². The van der Waals surface area contributed by atoms with Crippen molar-refractivity contribution in [3.05, 3.63) is 42.5 Å². The number of hydrogen-bond donors (Lipinski definition) is 2. The number of carbonyl (C=O) groups excluding carboxylic acids is 1. The van der Waals surface area contributed by atoms with Crippen molar-refractivity contribution in [1.82, 2.24) is 5.32 Å². The fourth-order valence-electron chi connectivity index (χ4n) is 2.07. The van der Waals surface area contributed by atoms with Crippen molar-refractivity contribution >= 4 is 5.91 Å². The number of aliphatic hydroxyl groups excluding tert-OH is 1. The predicted molar refractivity (Wildman–Crippen MR) is 84.6 cm³/mol. The van der Waals surface area contributed by atoms with Gasteiger partial charge in [-0.15, -0.1) is 0 Å². The van der Waals surface area contributed by atoms with E-state index in [4.69, 9.17) is 4.74 Å². The number of rotatable bonds is 9. The Morgan fingerprint density at radius 1 is 1.38 bits per heavy atom. The van der Waals surface area contributed by atoms with Gasteiger partial charge < -0.3 is 15.2 Å². The van der Waals surface area contributed by atoms with Crippen LogP contribution in [0.3, 0.4) is 0 Å². The first-order valence-electron chi connectivity index (χ1n) is 7.34. The number of carbonyl (C=O) groups is 1. The van der Waals surface area contributed by atoms with Gasteiger partial charge in [-0.25, -0.2) is 0 Å². The van der Waals surface area contributed by atoms with Crippen LogP contribution in [0.2, 0.25) is 0 Å². The molecule has 0 fully saturated rings. The van der Waals surface area contributed by atoms with Gasteiger partial charge in [-0.2, -0.15) is 0 Å². The zero-order chi connectivity index (χ0) is 15.7. The van der Waals surface area contributed by atoms with Crippen molar-refractivity contribution in [3.63, 3.8) is 0 Å². The third-order valence-corrected chi connectivity index (χ3v) is 3.95. The van der Waals surface area contributed by atoms with E-state index < -0.39 is 0 Å². The van der Waals surface area contributed by atoms with Crippen LogP contribution in [0.5, 0.6) is 5.75 Å². The summed E-state index contributed by atoms with van der Waals surface area (Å²) in [5, 5.41) is 12.4. The van der Waals surface area contributed by atoms with E-state index in [-0.39, 0.29) is 17.9 Å². The fourth-order valence-corrected chi connectivity index (χ4v) is 2.07. The number of hydrogen-bond acceptors (Lipinski definition) is 3. The molecule has 0 aliphatic heterocycles. The summed E-state index contributed by atoms with van der Waals surface area (Å²) in [5.74, 6) is 0.354. The molecule has 4 heteroatoms. The molecule has 0 aliphatic carbocycles. The SMILES string of the molecule is C=CCOc1ccccc1C(=O)NCC(CC)(CC)CO. The van der Waals surface area contributed by atoms with E-state index in [0.717, 1.165) is 12.8 Å². The minimum Gasteiger partial charge on any atom is -0.489 e. The van der Waals surface area contributed by atoms with Crippen LogP contribution in [0, 0.1) is 5.41 Å². The third kappa shape index (κ3) is 4.60. The van der Waals surface area contributed by atoms with Crippen molar-refractivity contribution in [2.45, 2.75) is 26.7 Å². The predicted octanol–water partition coefficient (Wildman–Crippen LogP) is 2.78. The van der Waals surface area contributed by atoms with Crippen LogP contribution >= 0.6 is 0 Å². The van der Waals surface area contributed by atoms with Gasteiger partial charge >= 0.3 is 0 Å². The molecule has 1 amide bonds. The number of ether oxygens (including phenoxy) is 1. The van der Waals surface area contributed by atoms with Crippen molar-refractivity contribution < 1.29 is 14.6 Å². The summed E-state index contributed by atoms with van der Waals surface area (Å²) in [5.41, 5.74) is 0.241. The van der Waals surface area contributed by atoms with Gasteiger partial charge in [0, 0.05) is 12.0 Å². The molecule has 0 aromatic heterocycles. The van der Waals surface area contributed by atoms with Crippen LogP contribution in [0.1, 0.15) is 37.0 Å². The Balaban J connectivity index is 2.78. The van der Waals surface area contributed by atoms with E-state index in [1.54, 1.807) is 24.3 Å². The lowest BCUT2D eigenvalue weighted by atomic mass is 9.83. The summed E-state index contributed by atoms with van der Waals surface area (Å²) in [6, 6.07) is 7.11. The van der Waals surface area contributed by atoms with Crippen molar-refractivity contribution in [2.75, 3.05) is 19.8 Å². The van der Waals surface area contributed by atoms with E-state index in [0.29, 0.717) is 24.5 Å². The molecule has 0 bridgehead atoms. The molecule has 0 aliphatic rings. The summed E-state index contributed by atoms with van der Waals surface area (Å²) in [7, 11) is 0. The first-order chi connectivity index (χ1) is 10.1. The molecule has 0 radical (unpaired) electrons. The van der Waals surface area contributed by atoms with E-state index in [1.807, 2.05) is 19.9 Å². The zero-order valence-corrected chi connectivity index (χ0v) is 12.9. The molecule has 4 nitrogen and oxygen atoms in total. The van der Waals surface area contributed by atoms with Crippen molar-refractivity contribution in [3.8, 4) is 5.75 Å². The summed E-state index contributed by atoms with van der Waals surface area (Å²) < 4.78 is 5.49. The molecule has 1 aromatic rings. The molecule has 2 N–H and O–H groups in total. The second-order valence-corrected chi connectivity index (χ2v) is 5.14. The molecule has 1 rings (SSSR count). The average Bonchev–Trinajstić information content (AvgIpc) is 2.54. The first-order valence-corrected chi connectivity index (χ1v) is 7.34. The maximum atomic E-state index is 12.3. The smallest absolute Gasteiger partial charge is 0.255 e. The molecule has 0 saturated heterocycles. The Morgan fingerprint density at radius 3 is 2.62 bits per heavy atom. The number of amides is 1. The summed E-state index contributed by atoms with van der Waals surface area (Å²) >= 11 is 0. The van der Waals surface area contributed by atoms with Crippen molar-refractivity contribution in [1.29, 1.82) is 0 Å². The number of para-hydroxylation sites is 1. The van der Waals surface area contributed by atoms with Gasteiger partial charge in [-0.3, -0.25) is 4.79 Å². The van der Waals surface area contributed by atoms with Gasteiger partial charge in [0.25, 0.3) is 5.91 Å². The Kier molecular flexibility index (Phi) is 6.96. The second kappa shape index (κ2) is 8.47. The van der Waals surface area contributed by atoms with E-state index >= 15 is 0 Å². The molecule has 0 saturated carbocycles. The maximum absolute atomic E-state index is 12.3. The minimum absolute atomic E-state index is 0.0644. The van der Waals surface area contributed by atoms with E-state index in [2.05, 4.69) is 11.9 Å². The molecule has 1 aromatic carbocycles. The molecule has 0 heterocycles. The Morgan fingerprint density at radius 2 is 2.05 bits per heavy atom. The van der Waals surface area contributed by atoms with E-state index in [9.17, 15) is 9.90 Å². The van der Waals surface area contributed by atoms with Gasteiger partial charge in [-0.1, -0.05) is 38.6 Å². The number of nitrogens with one attached hydrogen (secondary N) is 1. The molecule has 0 atom stereocenters. The average molecular weight is 291 g/mol. The largest absolute Gasteiger partial charge is 0.489 e. The monoisotopic (exact) mass is 291 g/mol. The molecule has 0 spiro atoms. The zero-order valence-electron chi connectivity index (χ0n) is 12.9. The number of benzene rings is 1. The first kappa shape index (κ1) is 17.2. The normalized spacial score (nSPS) is 11.0. The minimum atomic E-state index is -0.257. The highest BCUT2D eigenvalue weighted by Gasteiger charge is 2.26. The standard InChI is InChI=1S/C17H25NO3/c1-4-11-21-15-10-8-7-9-14(15)16(20)18-12-17(5-2,6-3)13-19/h4,7-10,19H,1,5-6,11-13H2,2-3H3,(H,18,20). The molecule has 21 heavy (non-hydrogen) atoms. The van der Waals surface area contributed by atoms with Crippen LogP contribution in [0.15, 0.2) is 36.9 Å². The van der Waals surface area contributed by atoms with Crippen LogP contribution in [0.25, 0.3) is 0 Å². The molecular weight excluding hydrogens is 266 g/mol. The third-order valence-electron chi connectivity index (χ3n) is 3.95. The highest BCUT2D eigenvalue weighted by atomic mass is 16.5. The number of aliphatic hydroxyl groups is 1. The quantitative estimate of drug-likeness (QED) is 0.688. The lowest BCUT2D eigenvalue weighted by Crippen LogP contribution is -2.39. The van der Waals surface area contributed by atoms with Gasteiger partial charge in [-0.05, 0) is 25.0 Å². The summed E-state index contributed by atoms with van der Waals surface area (Å²) in [6.07, 6.45) is 3.27. The van der Waals surface area contributed by atoms with Crippen molar-refractivity contribution in [2.24, 2.45) is 5.41 Å². The fraction of sp³-hybridized carbons (Fsp3) is 0.471. The highest BCUT2D eigenvalue weighted by Crippen LogP contribution is 2.25. The van der Waals surface area contributed by atoms with Crippen LogP contribution in [0.4, 0.5) is 0 Å². The summed E-state index contributed by atoms with van der Waals surface area (Å²) in [6.45, 7) is 8.51. The second-order valence-electron chi connectivity index (χ2n) is 5.14. The van der Waals surface area contributed by atoms with Gasteiger partial charge in [0.1, 0.15) is 12.4 Å². The molecular formula is C17H25NO3. The van der Waals surface area contributed by atoms with Crippen LogP contribution in [-0.2, 0) is 0 Å². The Bertz CT molecular complexity index is 459. The molecule has 0 unspecified atom stereocenters.